The lowest BCUT2D eigenvalue weighted by Gasteiger charge is -2.38. The summed E-state index contributed by atoms with van der Waals surface area (Å²) in [6.45, 7) is -1.01. The molecule has 35 heavy (non-hydrogen) atoms. The second kappa shape index (κ2) is 11.4. The van der Waals surface area contributed by atoms with Crippen molar-refractivity contribution in [3.8, 4) is 11.5 Å². The normalized spacial score (nSPS) is 16.6. The van der Waals surface area contributed by atoms with Crippen LogP contribution in [0.15, 0.2) is 47.4 Å². The monoisotopic (exact) mass is 515 g/mol. The minimum atomic E-state index is -4.64. The van der Waals surface area contributed by atoms with Crippen molar-refractivity contribution in [2.75, 3.05) is 40.0 Å². The first-order chi connectivity index (χ1) is 16.7. The molecule has 190 valence electrons. The number of carbonyl (C=O) groups excluding carboxylic acids is 2. The van der Waals surface area contributed by atoms with Gasteiger partial charge < -0.3 is 19.1 Å². The van der Waals surface area contributed by atoms with Crippen LogP contribution < -0.4 is 10.2 Å². The van der Waals surface area contributed by atoms with Gasteiger partial charge in [0.25, 0.3) is 5.91 Å². The molecule has 0 radical (unpaired) electrons. The molecule has 0 aromatic heterocycles. The molecule has 14 heteroatoms. The zero-order valence-corrected chi connectivity index (χ0v) is 19.3. The first-order valence-corrected chi connectivity index (χ1v) is 11.7. The first-order valence-electron chi connectivity index (χ1n) is 10.3. The van der Waals surface area contributed by atoms with Crippen LogP contribution >= 0.6 is 0 Å². The Morgan fingerprint density at radius 1 is 1.11 bits per heavy atom. The van der Waals surface area contributed by atoms with E-state index in [9.17, 15) is 26.8 Å². The Morgan fingerprint density at radius 3 is 2.37 bits per heavy atom. The summed E-state index contributed by atoms with van der Waals surface area (Å²) < 4.78 is 71.4. The maximum Gasteiger partial charge on any atom is 0.409 e. The molecule has 0 saturated carbocycles. The predicted molar refractivity (Wildman–Crippen MR) is 115 cm³/mol. The van der Waals surface area contributed by atoms with Gasteiger partial charge in [-0.3, -0.25) is 10.0 Å². The maximum absolute atomic E-state index is 14.7. The molecule has 11 nitrogen and oxygen atoms in total. The number of para-hydroxylation sites is 1. The molecule has 1 aliphatic heterocycles. The van der Waals surface area contributed by atoms with Crippen LogP contribution in [0.5, 0.6) is 11.5 Å². The van der Waals surface area contributed by atoms with Crippen molar-refractivity contribution < 1.29 is 46.2 Å². The molecule has 1 atom stereocenters. The molecular formula is C21H23F2N3O8S. The van der Waals surface area contributed by atoms with Crippen LogP contribution in [0, 0.1) is 11.6 Å². The Labute approximate surface area is 199 Å². The highest BCUT2D eigenvalue weighted by Crippen LogP contribution is 2.32. The number of amides is 2. The number of rotatable bonds is 8. The van der Waals surface area contributed by atoms with Gasteiger partial charge in [0.05, 0.1) is 11.5 Å². The second-order valence-corrected chi connectivity index (χ2v) is 9.18. The van der Waals surface area contributed by atoms with E-state index in [2.05, 4.69) is 0 Å². The average Bonchev–Trinajstić information content (AvgIpc) is 2.85. The fraction of sp³-hybridized carbons (Fsp3) is 0.333. The van der Waals surface area contributed by atoms with Gasteiger partial charge in [-0.05, 0) is 24.3 Å². The van der Waals surface area contributed by atoms with Crippen molar-refractivity contribution in [2.24, 2.45) is 0 Å². The highest BCUT2D eigenvalue weighted by atomic mass is 32.2. The topological polar surface area (TPSA) is 135 Å². The number of methoxy groups -OCH3 is 1. The molecule has 2 N–H and O–H groups in total. The number of ether oxygens (including phenoxy) is 3. The highest BCUT2D eigenvalue weighted by molar-refractivity contribution is 7.89. The van der Waals surface area contributed by atoms with E-state index in [-0.39, 0.29) is 25.5 Å². The van der Waals surface area contributed by atoms with Gasteiger partial charge in [-0.1, -0.05) is 18.2 Å². The molecule has 2 aromatic carbocycles. The van der Waals surface area contributed by atoms with Crippen molar-refractivity contribution in [3.05, 3.63) is 54.1 Å². The van der Waals surface area contributed by atoms with Crippen LogP contribution in [0.3, 0.4) is 0 Å². The molecule has 0 aliphatic carbocycles. The molecule has 1 heterocycles. The van der Waals surface area contributed by atoms with Gasteiger partial charge in [-0.2, -0.15) is 4.31 Å². The third kappa shape index (κ3) is 6.03. The molecule has 1 fully saturated rings. The summed E-state index contributed by atoms with van der Waals surface area (Å²) in [6.07, 6.45) is -0.825. The van der Waals surface area contributed by atoms with E-state index in [1.807, 2.05) is 0 Å². The van der Waals surface area contributed by atoms with Crippen molar-refractivity contribution in [1.29, 1.82) is 0 Å². The summed E-state index contributed by atoms with van der Waals surface area (Å²) in [5.74, 6) is -4.38. The Kier molecular flexibility index (Phi) is 8.56. The molecule has 2 aromatic rings. The number of carbonyl (C=O) groups is 2. The van der Waals surface area contributed by atoms with Gasteiger partial charge in [-0.25, -0.2) is 27.5 Å². The van der Waals surface area contributed by atoms with Crippen LogP contribution in [0.4, 0.5) is 13.6 Å². The van der Waals surface area contributed by atoms with Gasteiger partial charge in [-0.15, -0.1) is 0 Å². The van der Waals surface area contributed by atoms with E-state index in [4.69, 9.17) is 19.4 Å². The number of hydrogen-bond acceptors (Lipinski definition) is 8. The van der Waals surface area contributed by atoms with Crippen molar-refractivity contribution >= 4 is 22.0 Å². The molecule has 0 spiro atoms. The average molecular weight is 515 g/mol. The lowest BCUT2D eigenvalue weighted by molar-refractivity contribution is -0.134. The molecule has 1 aliphatic rings. The van der Waals surface area contributed by atoms with E-state index >= 15 is 0 Å². The third-order valence-corrected chi connectivity index (χ3v) is 6.94. The van der Waals surface area contributed by atoms with E-state index in [0.29, 0.717) is 16.4 Å². The Bertz CT molecular complexity index is 1140. The summed E-state index contributed by atoms with van der Waals surface area (Å²) in [5, 5.41) is 9.10. The number of nitrogens with zero attached hydrogens (tertiary/aromatic N) is 2. The van der Waals surface area contributed by atoms with Crippen molar-refractivity contribution in [3.63, 3.8) is 0 Å². The molecule has 0 unspecified atom stereocenters. The lowest BCUT2D eigenvalue weighted by atomic mass is 10.2. The van der Waals surface area contributed by atoms with Crippen LogP contribution in [0.2, 0.25) is 0 Å². The smallest absolute Gasteiger partial charge is 0.409 e. The fourth-order valence-electron chi connectivity index (χ4n) is 3.34. The predicted octanol–water partition coefficient (Wildman–Crippen LogP) is 1.72. The number of nitrogens with one attached hydrogen (secondary N) is 1. The first kappa shape index (κ1) is 26.3. The van der Waals surface area contributed by atoms with Crippen molar-refractivity contribution in [1.82, 2.24) is 14.7 Å². The molecule has 0 bridgehead atoms. The number of benzene rings is 2. The fourth-order valence-corrected chi connectivity index (χ4v) is 4.93. The van der Waals surface area contributed by atoms with Crippen LogP contribution in [0.25, 0.3) is 0 Å². The van der Waals surface area contributed by atoms with Crippen molar-refractivity contribution in [2.45, 2.75) is 10.9 Å². The quantitative estimate of drug-likeness (QED) is 0.308. The summed E-state index contributed by atoms with van der Waals surface area (Å²) in [7, 11) is -3.24. The Balaban J connectivity index is 1.85. The van der Waals surface area contributed by atoms with E-state index in [0.717, 1.165) is 4.90 Å². The van der Waals surface area contributed by atoms with Gasteiger partial charge in [0.15, 0.2) is 17.4 Å². The third-order valence-electron chi connectivity index (χ3n) is 5.06. The number of piperazine rings is 1. The Morgan fingerprint density at radius 2 is 1.77 bits per heavy atom. The molecule has 1 saturated heterocycles. The molecule has 3 rings (SSSR count). The standard InChI is InChI=1S/C21H23F2N3O8S/c1-32-9-10-33-21(28)25-7-8-26(18(13-25)20(27)24-29)35(30,31)15-11-16(22)19(17(23)12-15)34-14-5-3-2-4-6-14/h2-6,11-12,18,29H,7-10,13H2,1H3,(H,24,27)/t18-/m1/s1. The zero-order valence-electron chi connectivity index (χ0n) is 18.5. The highest BCUT2D eigenvalue weighted by Gasteiger charge is 2.42. The molecular weight excluding hydrogens is 492 g/mol. The summed E-state index contributed by atoms with van der Waals surface area (Å²) in [6, 6.07) is 7.30. The van der Waals surface area contributed by atoms with Gasteiger partial charge in [0.1, 0.15) is 18.4 Å². The number of hydroxylamine groups is 1. The van der Waals surface area contributed by atoms with Crippen LogP contribution in [0.1, 0.15) is 0 Å². The minimum absolute atomic E-state index is 0.0688. The minimum Gasteiger partial charge on any atom is -0.451 e. The number of halogens is 2. The second-order valence-electron chi connectivity index (χ2n) is 7.29. The largest absolute Gasteiger partial charge is 0.451 e. The van der Waals surface area contributed by atoms with E-state index in [1.165, 1.54) is 24.7 Å². The number of hydrogen-bond donors (Lipinski definition) is 2. The SMILES string of the molecule is COCCOC(=O)N1CCN(S(=O)(=O)c2cc(F)c(Oc3ccccc3)c(F)c2)[C@@H](C(=O)NO)C1. The maximum atomic E-state index is 14.7. The van der Waals surface area contributed by atoms with E-state index < -0.39 is 63.4 Å². The summed E-state index contributed by atoms with van der Waals surface area (Å²) in [5.41, 5.74) is 1.35. The van der Waals surface area contributed by atoms with Crippen LogP contribution in [-0.4, -0.2) is 80.8 Å². The van der Waals surface area contributed by atoms with Crippen LogP contribution in [-0.2, 0) is 24.3 Å². The van der Waals surface area contributed by atoms with Gasteiger partial charge in [0, 0.05) is 26.7 Å². The van der Waals surface area contributed by atoms with Gasteiger partial charge in [0.2, 0.25) is 10.0 Å². The zero-order chi connectivity index (χ0) is 25.6. The van der Waals surface area contributed by atoms with E-state index in [1.54, 1.807) is 18.2 Å². The lowest BCUT2D eigenvalue weighted by Crippen LogP contribution is -2.61. The number of sulfonamides is 1. The molecule has 2 amide bonds. The summed E-state index contributed by atoms with van der Waals surface area (Å²) in [4.78, 5) is 24.7. The van der Waals surface area contributed by atoms with Gasteiger partial charge >= 0.3 is 6.09 Å². The Hall–Kier alpha value is -3.33. The summed E-state index contributed by atoms with van der Waals surface area (Å²) >= 11 is 0.